The monoisotopic (exact) mass is 215 g/mol. The Bertz CT molecular complexity index is 523. The molecule has 0 unspecified atom stereocenters. The molecule has 0 saturated heterocycles. The van der Waals surface area contributed by atoms with Gasteiger partial charge in [0.25, 0.3) is 0 Å². The van der Waals surface area contributed by atoms with Crippen LogP contribution in [0.4, 0.5) is 5.95 Å². The van der Waals surface area contributed by atoms with Gasteiger partial charge in [0.05, 0.1) is 11.0 Å². The van der Waals surface area contributed by atoms with E-state index in [-0.39, 0.29) is 0 Å². The molecule has 0 atom stereocenters. The molecular weight excluding hydrogens is 198 g/mol. The normalized spacial score (nSPS) is 16.6. The maximum atomic E-state index is 5.98. The van der Waals surface area contributed by atoms with Crippen molar-refractivity contribution in [3.8, 4) is 0 Å². The van der Waals surface area contributed by atoms with Crippen LogP contribution in [0.25, 0.3) is 11.0 Å². The van der Waals surface area contributed by atoms with E-state index in [1.807, 2.05) is 0 Å². The fraction of sp³-hybridized carbons (Fsp3) is 0.462. The summed E-state index contributed by atoms with van der Waals surface area (Å²) in [5, 5.41) is 0. The van der Waals surface area contributed by atoms with E-state index in [1.165, 1.54) is 30.3 Å². The lowest BCUT2D eigenvalue weighted by atomic mass is 9.85. The van der Waals surface area contributed by atoms with Gasteiger partial charge in [0.2, 0.25) is 5.95 Å². The highest BCUT2D eigenvalue weighted by Crippen LogP contribution is 2.30. The van der Waals surface area contributed by atoms with Crippen LogP contribution in [0.3, 0.4) is 0 Å². The van der Waals surface area contributed by atoms with Crippen molar-refractivity contribution in [2.75, 3.05) is 5.73 Å². The summed E-state index contributed by atoms with van der Waals surface area (Å²) in [5.41, 5.74) is 9.45. The first kappa shape index (κ1) is 9.70. The zero-order valence-corrected chi connectivity index (χ0v) is 9.61. The van der Waals surface area contributed by atoms with Crippen molar-refractivity contribution < 1.29 is 0 Å². The first-order valence-electron chi connectivity index (χ1n) is 5.96. The summed E-state index contributed by atoms with van der Waals surface area (Å²) in [6.07, 6.45) is 4.05. The fourth-order valence-corrected chi connectivity index (χ4v) is 2.38. The minimum Gasteiger partial charge on any atom is -0.369 e. The number of imidazole rings is 1. The van der Waals surface area contributed by atoms with E-state index in [2.05, 4.69) is 34.7 Å². The summed E-state index contributed by atoms with van der Waals surface area (Å²) in [5.74, 6) is 1.47. The molecule has 3 heteroatoms. The summed E-state index contributed by atoms with van der Waals surface area (Å²) >= 11 is 0. The second kappa shape index (κ2) is 3.51. The maximum absolute atomic E-state index is 5.98. The van der Waals surface area contributed by atoms with E-state index in [0.717, 1.165) is 18.0 Å². The Morgan fingerprint density at radius 3 is 2.94 bits per heavy atom. The second-order valence-corrected chi connectivity index (χ2v) is 4.87. The highest BCUT2D eigenvalue weighted by molar-refractivity contribution is 5.79. The van der Waals surface area contributed by atoms with E-state index >= 15 is 0 Å². The van der Waals surface area contributed by atoms with Crippen LogP contribution >= 0.6 is 0 Å². The van der Waals surface area contributed by atoms with Gasteiger partial charge >= 0.3 is 0 Å². The van der Waals surface area contributed by atoms with Gasteiger partial charge in [-0.3, -0.25) is 0 Å². The molecule has 2 aromatic rings. The third-order valence-electron chi connectivity index (χ3n) is 3.60. The van der Waals surface area contributed by atoms with Crippen molar-refractivity contribution in [2.45, 2.75) is 32.7 Å². The Morgan fingerprint density at radius 1 is 1.44 bits per heavy atom. The molecule has 3 nitrogen and oxygen atoms in total. The number of aromatic nitrogens is 2. The molecule has 0 amide bonds. The zero-order valence-electron chi connectivity index (χ0n) is 9.61. The molecule has 1 heterocycles. The summed E-state index contributed by atoms with van der Waals surface area (Å²) in [6, 6.07) is 6.32. The Morgan fingerprint density at radius 2 is 2.25 bits per heavy atom. The van der Waals surface area contributed by atoms with E-state index in [1.54, 1.807) is 0 Å². The number of nitrogens with zero attached hydrogens (tertiary/aromatic N) is 2. The molecule has 3 rings (SSSR count). The Balaban J connectivity index is 2.06. The number of rotatable bonds is 2. The molecule has 0 aliphatic heterocycles. The SMILES string of the molecule is Cc1ccc2nc(N)n(CC3CCC3)c2c1. The highest BCUT2D eigenvalue weighted by Gasteiger charge is 2.20. The quantitative estimate of drug-likeness (QED) is 0.837. The minimum atomic E-state index is 0.660. The Kier molecular flexibility index (Phi) is 2.13. The van der Waals surface area contributed by atoms with Gasteiger partial charge in [-0.25, -0.2) is 4.98 Å². The number of fused-ring (bicyclic) bond motifs is 1. The predicted octanol–water partition coefficient (Wildman–Crippen LogP) is 2.73. The van der Waals surface area contributed by atoms with Crippen LogP contribution in [0.15, 0.2) is 18.2 Å². The topological polar surface area (TPSA) is 43.8 Å². The summed E-state index contributed by atoms with van der Waals surface area (Å²) < 4.78 is 2.17. The lowest BCUT2D eigenvalue weighted by Gasteiger charge is -2.26. The second-order valence-electron chi connectivity index (χ2n) is 4.87. The van der Waals surface area contributed by atoms with Gasteiger partial charge in [-0.1, -0.05) is 12.5 Å². The largest absolute Gasteiger partial charge is 0.369 e. The Hall–Kier alpha value is -1.51. The summed E-state index contributed by atoms with van der Waals surface area (Å²) in [6.45, 7) is 3.14. The standard InChI is InChI=1S/C13H17N3/c1-9-5-6-11-12(7-9)16(13(14)15-11)8-10-3-2-4-10/h5-7,10H,2-4,8H2,1H3,(H2,14,15). The van der Waals surface area contributed by atoms with E-state index in [0.29, 0.717) is 5.95 Å². The van der Waals surface area contributed by atoms with Crippen molar-refractivity contribution in [1.82, 2.24) is 9.55 Å². The minimum absolute atomic E-state index is 0.660. The lowest BCUT2D eigenvalue weighted by molar-refractivity contribution is 0.281. The van der Waals surface area contributed by atoms with Gasteiger partial charge in [-0.05, 0) is 43.4 Å². The first-order valence-corrected chi connectivity index (χ1v) is 5.96. The zero-order chi connectivity index (χ0) is 11.1. The number of anilines is 1. The van der Waals surface area contributed by atoms with Gasteiger partial charge in [0, 0.05) is 6.54 Å². The summed E-state index contributed by atoms with van der Waals surface area (Å²) in [4.78, 5) is 4.41. The molecule has 1 aromatic heterocycles. The lowest BCUT2D eigenvalue weighted by Crippen LogP contribution is -2.19. The average molecular weight is 215 g/mol. The van der Waals surface area contributed by atoms with Crippen LogP contribution < -0.4 is 5.73 Å². The van der Waals surface area contributed by atoms with E-state index in [4.69, 9.17) is 5.73 Å². The maximum Gasteiger partial charge on any atom is 0.201 e. The third kappa shape index (κ3) is 1.47. The fourth-order valence-electron chi connectivity index (χ4n) is 2.38. The molecule has 2 N–H and O–H groups in total. The molecule has 0 radical (unpaired) electrons. The summed E-state index contributed by atoms with van der Waals surface area (Å²) in [7, 11) is 0. The molecule has 0 bridgehead atoms. The van der Waals surface area contributed by atoms with Gasteiger partial charge in [0.1, 0.15) is 0 Å². The number of aryl methyl sites for hydroxylation is 1. The molecule has 84 valence electrons. The van der Waals surface area contributed by atoms with E-state index < -0.39 is 0 Å². The molecule has 0 spiro atoms. The van der Waals surface area contributed by atoms with Crippen molar-refractivity contribution in [2.24, 2.45) is 5.92 Å². The number of benzene rings is 1. The van der Waals surface area contributed by atoms with Crippen molar-refractivity contribution >= 4 is 17.0 Å². The molecule has 1 aliphatic rings. The van der Waals surface area contributed by atoms with Gasteiger partial charge in [-0.2, -0.15) is 0 Å². The molecular formula is C13H17N3. The van der Waals surface area contributed by atoms with Crippen molar-refractivity contribution in [3.63, 3.8) is 0 Å². The number of nitrogen functional groups attached to an aromatic ring is 1. The van der Waals surface area contributed by atoms with E-state index in [9.17, 15) is 0 Å². The van der Waals surface area contributed by atoms with Crippen molar-refractivity contribution in [3.05, 3.63) is 23.8 Å². The molecule has 1 aliphatic carbocycles. The van der Waals surface area contributed by atoms with Crippen LogP contribution in [-0.4, -0.2) is 9.55 Å². The number of hydrogen-bond donors (Lipinski definition) is 1. The predicted molar refractivity (Wildman–Crippen MR) is 66.2 cm³/mol. The van der Waals surface area contributed by atoms with Crippen LogP contribution in [0.1, 0.15) is 24.8 Å². The molecule has 16 heavy (non-hydrogen) atoms. The highest BCUT2D eigenvalue weighted by atomic mass is 15.2. The van der Waals surface area contributed by atoms with Crippen LogP contribution in [0.5, 0.6) is 0 Å². The Labute approximate surface area is 95.3 Å². The number of nitrogens with two attached hydrogens (primary N) is 1. The molecule has 1 fully saturated rings. The van der Waals surface area contributed by atoms with Crippen LogP contribution in [0, 0.1) is 12.8 Å². The molecule has 1 saturated carbocycles. The third-order valence-corrected chi connectivity index (χ3v) is 3.60. The van der Waals surface area contributed by atoms with Gasteiger partial charge in [0.15, 0.2) is 0 Å². The number of hydrogen-bond acceptors (Lipinski definition) is 2. The first-order chi connectivity index (χ1) is 7.74. The molecule has 1 aromatic carbocycles. The van der Waals surface area contributed by atoms with Gasteiger partial charge < -0.3 is 10.3 Å². The van der Waals surface area contributed by atoms with Gasteiger partial charge in [-0.15, -0.1) is 0 Å². The smallest absolute Gasteiger partial charge is 0.201 e. The van der Waals surface area contributed by atoms with Crippen LogP contribution in [0.2, 0.25) is 0 Å². The average Bonchev–Trinajstić information content (AvgIpc) is 2.48. The van der Waals surface area contributed by atoms with Crippen LogP contribution in [-0.2, 0) is 6.54 Å². The van der Waals surface area contributed by atoms with Crippen molar-refractivity contribution in [1.29, 1.82) is 0 Å².